The van der Waals surface area contributed by atoms with E-state index in [1.807, 2.05) is 24.0 Å². The van der Waals surface area contributed by atoms with E-state index in [-0.39, 0.29) is 5.60 Å². The van der Waals surface area contributed by atoms with Crippen molar-refractivity contribution in [3.63, 3.8) is 0 Å². The Hall–Kier alpha value is -0.870. The molecule has 1 N–H and O–H groups in total. The molecule has 4 nitrogen and oxygen atoms in total. The van der Waals surface area contributed by atoms with Gasteiger partial charge in [0, 0.05) is 26.3 Å². The Morgan fingerprint density at radius 1 is 1.62 bits per heavy atom. The molecule has 0 saturated carbocycles. The van der Waals surface area contributed by atoms with Crippen molar-refractivity contribution >= 4 is 0 Å². The van der Waals surface area contributed by atoms with Gasteiger partial charge in [-0.25, -0.2) is 0 Å². The molecule has 0 radical (unpaired) electrons. The molecule has 1 aliphatic rings. The van der Waals surface area contributed by atoms with Crippen LogP contribution in [0.2, 0.25) is 0 Å². The summed E-state index contributed by atoms with van der Waals surface area (Å²) in [5.41, 5.74) is 1.15. The highest BCUT2D eigenvalue weighted by molar-refractivity contribution is 4.98. The Kier molecular flexibility index (Phi) is 3.30. The van der Waals surface area contributed by atoms with Crippen LogP contribution in [0.25, 0.3) is 0 Å². The maximum atomic E-state index is 5.90. The smallest absolute Gasteiger partial charge is 0.0762 e. The number of ether oxygens (including phenoxy) is 1. The first-order valence-electron chi connectivity index (χ1n) is 5.92. The Labute approximate surface area is 97.0 Å². The van der Waals surface area contributed by atoms with Crippen molar-refractivity contribution in [1.29, 1.82) is 0 Å². The second-order valence-electron chi connectivity index (χ2n) is 5.15. The summed E-state index contributed by atoms with van der Waals surface area (Å²) in [6.45, 7) is 6.05. The Morgan fingerprint density at radius 3 is 3.00 bits per heavy atom. The lowest BCUT2D eigenvalue weighted by atomic mass is 10.1. The molecule has 1 aromatic heterocycles. The molecule has 0 aromatic carbocycles. The van der Waals surface area contributed by atoms with Gasteiger partial charge < -0.3 is 10.1 Å². The topological polar surface area (TPSA) is 39.1 Å². The van der Waals surface area contributed by atoms with Crippen LogP contribution in [0.3, 0.4) is 0 Å². The van der Waals surface area contributed by atoms with Gasteiger partial charge in [0.15, 0.2) is 0 Å². The first-order valence-corrected chi connectivity index (χ1v) is 5.92. The molecular formula is C12H21N3O. The first kappa shape index (κ1) is 11.6. The molecule has 1 atom stereocenters. The molecule has 2 rings (SSSR count). The summed E-state index contributed by atoms with van der Waals surface area (Å²) in [6.07, 6.45) is 4.64. The lowest BCUT2D eigenvalue weighted by Gasteiger charge is -2.19. The molecule has 1 unspecified atom stereocenters. The van der Waals surface area contributed by atoms with Crippen LogP contribution in [-0.2, 0) is 18.3 Å². The van der Waals surface area contributed by atoms with Crippen molar-refractivity contribution in [3.05, 3.63) is 18.0 Å². The predicted octanol–water partition coefficient (Wildman–Crippen LogP) is 1.47. The molecular weight excluding hydrogens is 202 g/mol. The van der Waals surface area contributed by atoms with E-state index in [9.17, 15) is 0 Å². The van der Waals surface area contributed by atoms with E-state index in [0.717, 1.165) is 31.6 Å². The third-order valence-corrected chi connectivity index (χ3v) is 3.00. The summed E-state index contributed by atoms with van der Waals surface area (Å²) in [7, 11) is 1.94. The molecule has 2 heterocycles. The van der Waals surface area contributed by atoms with Gasteiger partial charge in [-0.1, -0.05) is 0 Å². The SMILES string of the molecule is Cn1ccc(CNCC2CCC(C)(C)O2)n1. The van der Waals surface area contributed by atoms with E-state index >= 15 is 0 Å². The molecule has 0 aliphatic carbocycles. The van der Waals surface area contributed by atoms with Crippen molar-refractivity contribution in [3.8, 4) is 0 Å². The van der Waals surface area contributed by atoms with Gasteiger partial charge in [0.05, 0.1) is 17.4 Å². The van der Waals surface area contributed by atoms with Crippen LogP contribution in [-0.4, -0.2) is 28.0 Å². The average Bonchev–Trinajstić information content (AvgIpc) is 2.73. The monoisotopic (exact) mass is 223 g/mol. The predicted molar refractivity (Wildman–Crippen MR) is 63.1 cm³/mol. The van der Waals surface area contributed by atoms with Crippen molar-refractivity contribution in [2.45, 2.75) is 44.9 Å². The van der Waals surface area contributed by atoms with E-state index in [1.54, 1.807) is 0 Å². The minimum atomic E-state index is 0.0668. The van der Waals surface area contributed by atoms with Crippen molar-refractivity contribution in [2.24, 2.45) is 7.05 Å². The molecule has 4 heteroatoms. The molecule has 1 aliphatic heterocycles. The summed E-state index contributed by atoms with van der Waals surface area (Å²) in [5, 5.41) is 7.71. The van der Waals surface area contributed by atoms with Gasteiger partial charge >= 0.3 is 0 Å². The number of hydrogen-bond donors (Lipinski definition) is 1. The van der Waals surface area contributed by atoms with E-state index in [2.05, 4.69) is 24.3 Å². The van der Waals surface area contributed by atoms with E-state index in [1.165, 1.54) is 0 Å². The first-order chi connectivity index (χ1) is 7.55. The number of hydrogen-bond acceptors (Lipinski definition) is 3. The van der Waals surface area contributed by atoms with Gasteiger partial charge in [-0.2, -0.15) is 5.10 Å². The number of rotatable bonds is 4. The number of nitrogens with one attached hydrogen (secondary N) is 1. The van der Waals surface area contributed by atoms with Crippen molar-refractivity contribution in [1.82, 2.24) is 15.1 Å². The number of nitrogens with zero attached hydrogens (tertiary/aromatic N) is 2. The van der Waals surface area contributed by atoms with E-state index < -0.39 is 0 Å². The zero-order valence-electron chi connectivity index (χ0n) is 10.4. The Balaban J connectivity index is 1.69. The normalized spacial score (nSPS) is 23.8. The fourth-order valence-corrected chi connectivity index (χ4v) is 2.14. The minimum Gasteiger partial charge on any atom is -0.371 e. The van der Waals surface area contributed by atoms with Crippen LogP contribution in [0.1, 0.15) is 32.4 Å². The molecule has 1 fully saturated rings. The summed E-state index contributed by atoms with van der Waals surface area (Å²) < 4.78 is 7.73. The highest BCUT2D eigenvalue weighted by atomic mass is 16.5. The number of aromatic nitrogens is 2. The van der Waals surface area contributed by atoms with Crippen LogP contribution in [0, 0.1) is 0 Å². The van der Waals surface area contributed by atoms with Crippen LogP contribution in [0.15, 0.2) is 12.3 Å². The zero-order chi connectivity index (χ0) is 11.6. The summed E-state index contributed by atoms with van der Waals surface area (Å²) in [4.78, 5) is 0. The molecule has 16 heavy (non-hydrogen) atoms. The van der Waals surface area contributed by atoms with Gasteiger partial charge in [0.25, 0.3) is 0 Å². The standard InChI is InChI=1S/C12H21N3O/c1-12(2)6-4-11(16-12)9-13-8-10-5-7-15(3)14-10/h5,7,11,13H,4,6,8-9H2,1-3H3. The largest absolute Gasteiger partial charge is 0.371 e. The Bertz CT molecular complexity index is 346. The Morgan fingerprint density at radius 2 is 2.44 bits per heavy atom. The quantitative estimate of drug-likeness (QED) is 0.840. The maximum absolute atomic E-state index is 5.90. The van der Waals surface area contributed by atoms with Gasteiger partial charge in [0.2, 0.25) is 0 Å². The van der Waals surface area contributed by atoms with E-state index in [4.69, 9.17) is 4.74 Å². The lowest BCUT2D eigenvalue weighted by Crippen LogP contribution is -2.29. The lowest BCUT2D eigenvalue weighted by molar-refractivity contribution is -0.0143. The van der Waals surface area contributed by atoms with Gasteiger partial charge in [-0.3, -0.25) is 4.68 Å². The third kappa shape index (κ3) is 3.06. The van der Waals surface area contributed by atoms with Crippen molar-refractivity contribution in [2.75, 3.05) is 6.54 Å². The molecule has 1 saturated heterocycles. The molecule has 0 amide bonds. The van der Waals surface area contributed by atoms with Crippen LogP contribution < -0.4 is 5.32 Å². The molecule has 90 valence electrons. The van der Waals surface area contributed by atoms with Crippen molar-refractivity contribution < 1.29 is 4.74 Å². The molecule has 0 spiro atoms. The fraction of sp³-hybridized carbons (Fsp3) is 0.750. The second-order valence-corrected chi connectivity index (χ2v) is 5.15. The average molecular weight is 223 g/mol. The van der Waals surface area contributed by atoms with Crippen LogP contribution >= 0.6 is 0 Å². The number of aryl methyl sites for hydroxylation is 1. The summed E-state index contributed by atoms with van der Waals surface area (Å²) >= 11 is 0. The summed E-state index contributed by atoms with van der Waals surface area (Å²) in [6, 6.07) is 2.03. The summed E-state index contributed by atoms with van der Waals surface area (Å²) in [5.74, 6) is 0. The third-order valence-electron chi connectivity index (χ3n) is 3.00. The molecule has 1 aromatic rings. The second kappa shape index (κ2) is 4.55. The zero-order valence-corrected chi connectivity index (χ0v) is 10.4. The van der Waals surface area contributed by atoms with Crippen LogP contribution in [0.5, 0.6) is 0 Å². The van der Waals surface area contributed by atoms with E-state index in [0.29, 0.717) is 6.10 Å². The highest BCUT2D eigenvalue weighted by Gasteiger charge is 2.31. The van der Waals surface area contributed by atoms with Crippen LogP contribution in [0.4, 0.5) is 0 Å². The highest BCUT2D eigenvalue weighted by Crippen LogP contribution is 2.28. The van der Waals surface area contributed by atoms with Gasteiger partial charge in [0.1, 0.15) is 0 Å². The minimum absolute atomic E-state index is 0.0668. The van der Waals surface area contributed by atoms with Gasteiger partial charge in [-0.15, -0.1) is 0 Å². The molecule has 0 bridgehead atoms. The van der Waals surface area contributed by atoms with Gasteiger partial charge in [-0.05, 0) is 32.8 Å². The maximum Gasteiger partial charge on any atom is 0.0762 e. The fourth-order valence-electron chi connectivity index (χ4n) is 2.14.